The van der Waals surface area contributed by atoms with E-state index in [1.165, 1.54) is 0 Å². The number of aromatic nitrogens is 9. The number of benzene rings is 1. The predicted octanol–water partition coefficient (Wildman–Crippen LogP) is 6.13. The number of rotatable bonds is 12. The highest BCUT2D eigenvalue weighted by Crippen LogP contribution is 2.36. The molecule has 50 heavy (non-hydrogen) atoms. The maximum absolute atomic E-state index is 6.52. The van der Waals surface area contributed by atoms with Gasteiger partial charge in [-0.15, -0.1) is 21.5 Å². The van der Waals surface area contributed by atoms with E-state index in [1.54, 1.807) is 34.6 Å². The number of anilines is 2. The van der Waals surface area contributed by atoms with E-state index in [-0.39, 0.29) is 24.4 Å². The van der Waals surface area contributed by atoms with Crippen LogP contribution in [-0.4, -0.2) is 87.3 Å². The van der Waals surface area contributed by atoms with E-state index in [0.717, 1.165) is 54.2 Å². The van der Waals surface area contributed by atoms with Gasteiger partial charge in [0.15, 0.2) is 0 Å². The summed E-state index contributed by atoms with van der Waals surface area (Å²) < 4.78 is 22.1. The van der Waals surface area contributed by atoms with Gasteiger partial charge in [-0.25, -0.2) is 19.6 Å². The van der Waals surface area contributed by atoms with Crippen LogP contribution in [0.15, 0.2) is 49.2 Å². The molecule has 1 saturated heterocycles. The van der Waals surface area contributed by atoms with Crippen LogP contribution >= 0.6 is 22.9 Å². The number of halogens is 1. The summed E-state index contributed by atoms with van der Waals surface area (Å²) in [4.78, 5) is 17.4. The monoisotopic (exact) mass is 719 g/mol. The number of nitrogens with one attached hydrogen (secondary N) is 1. The second-order valence-electron chi connectivity index (χ2n) is 13.1. The van der Waals surface area contributed by atoms with E-state index < -0.39 is 0 Å². The second kappa shape index (κ2) is 15.4. The number of nitrogens with zero attached hydrogens (tertiary/aromatic N) is 10. The first-order valence-electron chi connectivity index (χ1n) is 17.1. The van der Waals surface area contributed by atoms with Gasteiger partial charge in [0.1, 0.15) is 30.5 Å². The second-order valence-corrected chi connectivity index (χ2v) is 14.9. The molecule has 0 spiro atoms. The van der Waals surface area contributed by atoms with Gasteiger partial charge in [-0.3, -0.25) is 9.58 Å². The highest BCUT2D eigenvalue weighted by Gasteiger charge is 2.32. The van der Waals surface area contributed by atoms with Crippen LogP contribution in [0.3, 0.4) is 0 Å². The molecule has 1 aromatic carbocycles. The maximum Gasteiger partial charge on any atom is 0.257 e. The van der Waals surface area contributed by atoms with Crippen molar-refractivity contribution in [3.63, 3.8) is 0 Å². The minimum Gasteiger partial charge on any atom is -0.487 e. The minimum absolute atomic E-state index is 0.223. The molecule has 0 radical (unpaired) electrons. The first-order valence-corrected chi connectivity index (χ1v) is 18.3. The van der Waals surface area contributed by atoms with E-state index >= 15 is 0 Å². The standard InChI is InChI=1S/C34H42ClN11O3S/c1-21-15-44(16-22(2)48-21)26-6-8-27(9-7-26)46-18-31(33(41-46)47-19-28-14-37-24(4)50-28)40-34-36-12-11-30(39-34)25-5-10-29(35)32(13-25)49-23(3)17-45-20-38-42-43-45/h5,10-14,18,20-23,26-27H,6-9,15-17,19H2,1-4H3,(H,36,39,40)/t21-,22+,23-,26?,27?/m0/s1. The van der Waals surface area contributed by atoms with Crippen LogP contribution < -0.4 is 14.8 Å². The molecule has 5 aromatic rings. The van der Waals surface area contributed by atoms with Crippen molar-refractivity contribution in [2.75, 3.05) is 18.4 Å². The molecule has 0 bridgehead atoms. The average Bonchev–Trinajstić information content (AvgIpc) is 3.86. The number of hydrogen-bond donors (Lipinski definition) is 1. The predicted molar refractivity (Wildman–Crippen MR) is 190 cm³/mol. The number of morpholine rings is 1. The molecule has 1 aliphatic heterocycles. The lowest BCUT2D eigenvalue weighted by atomic mass is 9.89. The SMILES string of the molecule is Cc1ncc(COc2nn(C3CCC(N4C[C@@H](C)O[C@@H](C)C4)CC3)cc2Nc2nccc(-c3ccc(Cl)c(O[C@@H](C)Cn4cnnn4)c3)n2)s1. The Labute approximate surface area is 300 Å². The zero-order chi connectivity index (χ0) is 34.6. The first kappa shape index (κ1) is 34.3. The summed E-state index contributed by atoms with van der Waals surface area (Å²) in [6.07, 6.45) is 11.8. The van der Waals surface area contributed by atoms with Gasteiger partial charge in [0, 0.05) is 37.1 Å². The Balaban J connectivity index is 1.07. The summed E-state index contributed by atoms with van der Waals surface area (Å²) in [7, 11) is 0. The van der Waals surface area contributed by atoms with Gasteiger partial charge in [0.05, 0.1) is 51.6 Å². The van der Waals surface area contributed by atoms with E-state index in [9.17, 15) is 0 Å². The fraction of sp³-hybridized carbons (Fsp3) is 0.500. The zero-order valence-corrected chi connectivity index (χ0v) is 30.2. The van der Waals surface area contributed by atoms with Crippen LogP contribution in [0.4, 0.5) is 11.6 Å². The van der Waals surface area contributed by atoms with E-state index in [0.29, 0.717) is 53.2 Å². The van der Waals surface area contributed by atoms with Crippen molar-refractivity contribution >= 4 is 34.6 Å². The van der Waals surface area contributed by atoms with Crippen LogP contribution in [0.5, 0.6) is 11.6 Å². The number of tetrazole rings is 1. The summed E-state index contributed by atoms with van der Waals surface area (Å²) >= 11 is 8.13. The Morgan fingerprint density at radius 1 is 1.08 bits per heavy atom. The molecule has 4 aromatic heterocycles. The minimum atomic E-state index is -0.223. The van der Waals surface area contributed by atoms with Crippen molar-refractivity contribution in [3.05, 3.63) is 64.1 Å². The lowest BCUT2D eigenvalue weighted by molar-refractivity contribution is -0.0852. The van der Waals surface area contributed by atoms with E-state index in [2.05, 4.69) is 54.2 Å². The Bertz CT molecular complexity index is 1850. The van der Waals surface area contributed by atoms with Gasteiger partial charge < -0.3 is 19.5 Å². The third kappa shape index (κ3) is 8.40. The van der Waals surface area contributed by atoms with E-state index in [1.807, 2.05) is 44.4 Å². The summed E-state index contributed by atoms with van der Waals surface area (Å²) in [6, 6.07) is 8.28. The molecule has 5 heterocycles. The van der Waals surface area contributed by atoms with Gasteiger partial charge >= 0.3 is 0 Å². The molecule has 2 fully saturated rings. The van der Waals surface area contributed by atoms with Gasteiger partial charge in [-0.05, 0) is 82.0 Å². The lowest BCUT2D eigenvalue weighted by Gasteiger charge is -2.42. The molecule has 1 N–H and O–H groups in total. The van der Waals surface area contributed by atoms with Gasteiger partial charge in [0.2, 0.25) is 5.95 Å². The van der Waals surface area contributed by atoms with Crippen molar-refractivity contribution < 1.29 is 14.2 Å². The summed E-state index contributed by atoms with van der Waals surface area (Å²) in [6.45, 7) is 11.1. The Morgan fingerprint density at radius 2 is 1.88 bits per heavy atom. The van der Waals surface area contributed by atoms with Crippen LogP contribution in [0.25, 0.3) is 11.3 Å². The molecule has 264 valence electrons. The number of ether oxygens (including phenoxy) is 3. The van der Waals surface area contributed by atoms with Crippen molar-refractivity contribution in [2.45, 2.75) is 96.9 Å². The lowest BCUT2D eigenvalue weighted by Crippen LogP contribution is -2.51. The molecule has 16 heteroatoms. The molecule has 14 nitrogen and oxygen atoms in total. The summed E-state index contributed by atoms with van der Waals surface area (Å²) in [5.74, 6) is 1.46. The molecule has 1 saturated carbocycles. The Morgan fingerprint density at radius 3 is 2.62 bits per heavy atom. The van der Waals surface area contributed by atoms with Gasteiger partial charge in [-0.2, -0.15) is 0 Å². The third-order valence-electron chi connectivity index (χ3n) is 9.02. The zero-order valence-electron chi connectivity index (χ0n) is 28.6. The van der Waals surface area contributed by atoms with Crippen molar-refractivity contribution in [3.8, 4) is 22.9 Å². The van der Waals surface area contributed by atoms with Crippen LogP contribution in [0.1, 0.15) is 62.4 Å². The van der Waals surface area contributed by atoms with Crippen molar-refractivity contribution in [2.24, 2.45) is 0 Å². The molecule has 3 atom stereocenters. The van der Waals surface area contributed by atoms with Gasteiger partial charge in [0.25, 0.3) is 5.88 Å². The molecule has 1 aliphatic carbocycles. The fourth-order valence-electron chi connectivity index (χ4n) is 6.80. The summed E-state index contributed by atoms with van der Waals surface area (Å²) in [5.41, 5.74) is 2.24. The van der Waals surface area contributed by atoms with Crippen LogP contribution in [0, 0.1) is 6.92 Å². The third-order valence-corrected chi connectivity index (χ3v) is 10.2. The quantitative estimate of drug-likeness (QED) is 0.159. The Hall–Kier alpha value is -4.18. The average molecular weight is 720 g/mol. The van der Waals surface area contributed by atoms with Crippen molar-refractivity contribution in [1.29, 1.82) is 0 Å². The largest absolute Gasteiger partial charge is 0.487 e. The molecule has 0 amide bonds. The first-order chi connectivity index (χ1) is 24.3. The maximum atomic E-state index is 6.52. The number of thiazole rings is 1. The topological polar surface area (TPSA) is 143 Å². The number of aryl methyl sites for hydroxylation is 1. The molecule has 7 rings (SSSR count). The summed E-state index contributed by atoms with van der Waals surface area (Å²) in [5, 5.41) is 21.1. The Kier molecular flexibility index (Phi) is 10.5. The smallest absolute Gasteiger partial charge is 0.257 e. The van der Waals surface area contributed by atoms with Crippen molar-refractivity contribution in [1.82, 2.24) is 49.8 Å². The molecular formula is C34H42ClN11O3S. The number of hydrogen-bond acceptors (Lipinski definition) is 13. The molecular weight excluding hydrogens is 678 g/mol. The van der Waals surface area contributed by atoms with Crippen LogP contribution in [0.2, 0.25) is 5.02 Å². The highest BCUT2D eigenvalue weighted by atomic mass is 35.5. The van der Waals surface area contributed by atoms with Gasteiger partial charge in [-0.1, -0.05) is 17.7 Å². The van der Waals surface area contributed by atoms with E-state index in [4.69, 9.17) is 35.9 Å². The molecule has 0 unspecified atom stereocenters. The fourth-order valence-corrected chi connectivity index (χ4v) is 7.67. The van der Waals surface area contributed by atoms with Crippen LogP contribution in [-0.2, 0) is 17.9 Å². The normalized spacial score (nSPS) is 21.9. The highest BCUT2D eigenvalue weighted by molar-refractivity contribution is 7.11. The molecule has 2 aliphatic rings.